The predicted molar refractivity (Wildman–Crippen MR) is 76.0 cm³/mol. The average molecular weight is 304 g/mol. The van der Waals surface area contributed by atoms with Crippen molar-refractivity contribution in [2.24, 2.45) is 5.92 Å². The summed E-state index contributed by atoms with van der Waals surface area (Å²) in [5.41, 5.74) is -0.220. The molecule has 1 saturated carbocycles. The highest BCUT2D eigenvalue weighted by molar-refractivity contribution is 7.89. The number of likely N-dealkylation sites (N-methyl/N-ethyl adjacent to an activating group) is 1. The number of rotatable bonds is 3. The molecule has 0 aromatic rings. The summed E-state index contributed by atoms with van der Waals surface area (Å²) in [5.74, 6) is -1.73. The van der Waals surface area contributed by atoms with Crippen LogP contribution >= 0.6 is 0 Å². The van der Waals surface area contributed by atoms with Gasteiger partial charge in [0, 0.05) is 25.2 Å². The molecule has 0 bridgehead atoms. The minimum Gasteiger partial charge on any atom is -0.481 e. The summed E-state index contributed by atoms with van der Waals surface area (Å²) >= 11 is 0. The van der Waals surface area contributed by atoms with Gasteiger partial charge in [-0.1, -0.05) is 6.42 Å². The highest BCUT2D eigenvalue weighted by atomic mass is 32.2. The summed E-state index contributed by atoms with van der Waals surface area (Å²) < 4.78 is 27.0. The molecule has 0 aromatic heterocycles. The van der Waals surface area contributed by atoms with Gasteiger partial charge in [0.25, 0.3) is 0 Å². The SMILES string of the molecule is CN1CCN(S(=O)(=O)C2CCCC2C(=O)O)CC1(C)C. The van der Waals surface area contributed by atoms with E-state index in [1.54, 1.807) is 0 Å². The molecule has 20 heavy (non-hydrogen) atoms. The van der Waals surface area contributed by atoms with E-state index in [9.17, 15) is 18.3 Å². The van der Waals surface area contributed by atoms with Gasteiger partial charge in [-0.2, -0.15) is 4.31 Å². The van der Waals surface area contributed by atoms with E-state index in [-0.39, 0.29) is 5.54 Å². The smallest absolute Gasteiger partial charge is 0.307 e. The van der Waals surface area contributed by atoms with Crippen molar-refractivity contribution in [1.29, 1.82) is 0 Å². The number of sulfonamides is 1. The van der Waals surface area contributed by atoms with Crippen LogP contribution in [0.15, 0.2) is 0 Å². The van der Waals surface area contributed by atoms with Crippen LogP contribution < -0.4 is 0 Å². The first-order valence-electron chi connectivity index (χ1n) is 7.09. The highest BCUT2D eigenvalue weighted by Gasteiger charge is 2.46. The van der Waals surface area contributed by atoms with E-state index in [0.29, 0.717) is 38.9 Å². The summed E-state index contributed by atoms with van der Waals surface area (Å²) in [5, 5.41) is 8.45. The number of hydrogen-bond donors (Lipinski definition) is 1. The molecule has 6 nitrogen and oxygen atoms in total. The van der Waals surface area contributed by atoms with Gasteiger partial charge in [-0.25, -0.2) is 8.42 Å². The van der Waals surface area contributed by atoms with Crippen LogP contribution in [-0.4, -0.2) is 66.2 Å². The van der Waals surface area contributed by atoms with Gasteiger partial charge in [0.05, 0.1) is 11.2 Å². The van der Waals surface area contributed by atoms with Gasteiger partial charge in [-0.3, -0.25) is 9.69 Å². The summed E-state index contributed by atoms with van der Waals surface area (Å²) in [6.45, 7) is 5.58. The van der Waals surface area contributed by atoms with E-state index >= 15 is 0 Å². The standard InChI is InChI=1S/C13H24N2O4S/c1-13(2)9-15(8-7-14(13)3)20(18,19)11-6-4-5-10(11)12(16)17/h10-11H,4-9H2,1-3H3,(H,16,17). The lowest BCUT2D eigenvalue weighted by Crippen LogP contribution is -2.60. The Morgan fingerprint density at radius 3 is 2.45 bits per heavy atom. The van der Waals surface area contributed by atoms with Gasteiger partial charge >= 0.3 is 5.97 Å². The molecular formula is C13H24N2O4S. The van der Waals surface area contributed by atoms with E-state index in [2.05, 4.69) is 4.90 Å². The zero-order valence-corrected chi connectivity index (χ0v) is 13.2. The highest BCUT2D eigenvalue weighted by Crippen LogP contribution is 2.34. The number of aliphatic carboxylic acids is 1. The van der Waals surface area contributed by atoms with Crippen LogP contribution in [0.4, 0.5) is 0 Å². The Labute approximate surface area is 120 Å². The molecule has 0 amide bonds. The first kappa shape index (κ1) is 15.7. The summed E-state index contributed by atoms with van der Waals surface area (Å²) in [4.78, 5) is 13.4. The number of piperazine rings is 1. The Kier molecular flexibility index (Phi) is 4.15. The fourth-order valence-electron chi connectivity index (χ4n) is 3.17. The fraction of sp³-hybridized carbons (Fsp3) is 0.923. The molecule has 0 aromatic carbocycles. The topological polar surface area (TPSA) is 77.9 Å². The molecule has 0 spiro atoms. The number of carboxylic acids is 1. The number of carbonyl (C=O) groups is 1. The predicted octanol–water partition coefficient (Wildman–Crippen LogP) is 0.596. The minimum atomic E-state index is -3.52. The Balaban J connectivity index is 2.21. The third kappa shape index (κ3) is 2.71. The molecule has 2 aliphatic rings. The van der Waals surface area contributed by atoms with E-state index < -0.39 is 27.2 Å². The van der Waals surface area contributed by atoms with Crippen molar-refractivity contribution in [1.82, 2.24) is 9.21 Å². The molecule has 2 rings (SSSR count). The molecule has 1 aliphatic carbocycles. The average Bonchev–Trinajstić information content (AvgIpc) is 2.82. The van der Waals surface area contributed by atoms with Crippen LogP contribution in [0.25, 0.3) is 0 Å². The molecular weight excluding hydrogens is 280 g/mol. The van der Waals surface area contributed by atoms with E-state index in [1.165, 1.54) is 4.31 Å². The molecule has 2 atom stereocenters. The van der Waals surface area contributed by atoms with E-state index in [0.717, 1.165) is 0 Å². The van der Waals surface area contributed by atoms with Crippen LogP contribution in [0.2, 0.25) is 0 Å². The summed E-state index contributed by atoms with van der Waals surface area (Å²) in [6.07, 6.45) is 1.61. The molecule has 2 fully saturated rings. The monoisotopic (exact) mass is 304 g/mol. The zero-order valence-electron chi connectivity index (χ0n) is 12.4. The van der Waals surface area contributed by atoms with Crippen molar-refractivity contribution < 1.29 is 18.3 Å². The van der Waals surface area contributed by atoms with Gasteiger partial charge in [-0.15, -0.1) is 0 Å². The van der Waals surface area contributed by atoms with E-state index in [4.69, 9.17) is 0 Å². The lowest BCUT2D eigenvalue weighted by molar-refractivity contribution is -0.141. The van der Waals surface area contributed by atoms with Crippen LogP contribution in [-0.2, 0) is 14.8 Å². The first-order valence-corrected chi connectivity index (χ1v) is 8.59. The zero-order chi connectivity index (χ0) is 15.1. The maximum Gasteiger partial charge on any atom is 0.307 e. The fourth-order valence-corrected chi connectivity index (χ4v) is 5.52. The van der Waals surface area contributed by atoms with Gasteiger partial charge in [0.1, 0.15) is 0 Å². The van der Waals surface area contributed by atoms with Crippen molar-refractivity contribution in [3.05, 3.63) is 0 Å². The van der Waals surface area contributed by atoms with Crippen molar-refractivity contribution >= 4 is 16.0 Å². The first-order chi connectivity index (χ1) is 9.16. The molecule has 7 heteroatoms. The quantitative estimate of drug-likeness (QED) is 0.826. The number of carboxylic acid groups (broad SMARTS) is 1. The van der Waals surface area contributed by atoms with Crippen LogP contribution in [0.5, 0.6) is 0 Å². The van der Waals surface area contributed by atoms with Crippen molar-refractivity contribution in [3.63, 3.8) is 0 Å². The molecule has 1 saturated heterocycles. The largest absolute Gasteiger partial charge is 0.481 e. The molecule has 2 unspecified atom stereocenters. The van der Waals surface area contributed by atoms with Gasteiger partial charge in [0.15, 0.2) is 0 Å². The second-order valence-electron chi connectivity index (χ2n) is 6.53. The van der Waals surface area contributed by atoms with Crippen molar-refractivity contribution in [2.45, 2.75) is 43.9 Å². The van der Waals surface area contributed by atoms with Crippen LogP contribution in [0, 0.1) is 5.92 Å². The Morgan fingerprint density at radius 2 is 1.90 bits per heavy atom. The molecule has 1 heterocycles. The van der Waals surface area contributed by atoms with Crippen LogP contribution in [0.1, 0.15) is 33.1 Å². The third-order valence-corrected chi connectivity index (χ3v) is 7.15. The maximum absolute atomic E-state index is 12.7. The van der Waals surface area contributed by atoms with Gasteiger partial charge in [-0.05, 0) is 33.7 Å². The van der Waals surface area contributed by atoms with E-state index in [1.807, 2.05) is 20.9 Å². The summed E-state index contributed by atoms with van der Waals surface area (Å²) in [7, 11) is -1.54. The molecule has 116 valence electrons. The molecule has 1 N–H and O–H groups in total. The Morgan fingerprint density at radius 1 is 1.25 bits per heavy atom. The normalized spacial score (nSPS) is 32.4. The molecule has 1 aliphatic heterocycles. The van der Waals surface area contributed by atoms with Crippen molar-refractivity contribution in [2.75, 3.05) is 26.7 Å². The second kappa shape index (κ2) is 5.27. The minimum absolute atomic E-state index is 0.220. The lowest BCUT2D eigenvalue weighted by atomic mass is 10.0. The van der Waals surface area contributed by atoms with Crippen LogP contribution in [0.3, 0.4) is 0 Å². The molecule has 0 radical (unpaired) electrons. The number of hydrogen-bond acceptors (Lipinski definition) is 4. The third-order valence-electron chi connectivity index (χ3n) is 4.79. The Bertz CT molecular complexity index is 489. The maximum atomic E-state index is 12.7. The number of nitrogens with zero attached hydrogens (tertiary/aromatic N) is 2. The lowest BCUT2D eigenvalue weighted by Gasteiger charge is -2.45. The second-order valence-corrected chi connectivity index (χ2v) is 8.68. The van der Waals surface area contributed by atoms with Gasteiger partial charge < -0.3 is 5.11 Å². The Hall–Kier alpha value is -0.660. The van der Waals surface area contributed by atoms with Crippen molar-refractivity contribution in [3.8, 4) is 0 Å². The van der Waals surface area contributed by atoms with Gasteiger partial charge in [0.2, 0.25) is 10.0 Å². The summed E-state index contributed by atoms with van der Waals surface area (Å²) in [6, 6.07) is 0.